The summed E-state index contributed by atoms with van der Waals surface area (Å²) in [5, 5.41) is 5.02. The minimum atomic E-state index is -0.353. The molecule has 0 aliphatic rings. The van der Waals surface area contributed by atoms with Crippen LogP contribution in [0.5, 0.6) is 0 Å². The van der Waals surface area contributed by atoms with Crippen molar-refractivity contribution in [3.63, 3.8) is 0 Å². The first kappa shape index (κ1) is 20.6. The minimum Gasteiger partial charge on any atom is -0.457 e. The molecule has 0 heterocycles. The van der Waals surface area contributed by atoms with Gasteiger partial charge < -0.3 is 10.1 Å². The second kappa shape index (κ2) is 9.35. The SMILES string of the molecule is C=c1ccc(C(=O)OCc2ccc(CNCc3cc(C)cc(C)c3)cc2)cc1=C. The zero-order chi connectivity index (χ0) is 20.8. The van der Waals surface area contributed by atoms with E-state index in [1.165, 1.54) is 22.3 Å². The maximum absolute atomic E-state index is 12.2. The molecule has 0 saturated heterocycles. The van der Waals surface area contributed by atoms with E-state index in [1.807, 2.05) is 12.1 Å². The Labute approximate surface area is 172 Å². The van der Waals surface area contributed by atoms with Crippen LogP contribution in [0.2, 0.25) is 0 Å². The molecule has 0 unspecified atom stereocenters. The fourth-order valence-electron chi connectivity index (χ4n) is 3.26. The molecule has 3 heteroatoms. The van der Waals surface area contributed by atoms with Gasteiger partial charge >= 0.3 is 5.97 Å². The van der Waals surface area contributed by atoms with Gasteiger partial charge in [0, 0.05) is 13.1 Å². The number of esters is 1. The summed E-state index contributed by atoms with van der Waals surface area (Å²) in [5.74, 6) is -0.353. The third kappa shape index (κ3) is 5.90. The molecule has 148 valence electrons. The Morgan fingerprint density at radius 1 is 0.793 bits per heavy atom. The van der Waals surface area contributed by atoms with Crippen molar-refractivity contribution in [2.45, 2.75) is 33.5 Å². The van der Waals surface area contributed by atoms with E-state index in [2.05, 4.69) is 62.7 Å². The Hall–Kier alpha value is -3.17. The molecule has 3 aromatic rings. The fraction of sp³-hybridized carbons (Fsp3) is 0.192. The minimum absolute atomic E-state index is 0.244. The second-order valence-corrected chi connectivity index (χ2v) is 7.48. The molecule has 0 atom stereocenters. The van der Waals surface area contributed by atoms with Crippen molar-refractivity contribution in [3.8, 4) is 0 Å². The van der Waals surface area contributed by atoms with E-state index < -0.39 is 0 Å². The van der Waals surface area contributed by atoms with Crippen LogP contribution in [-0.4, -0.2) is 5.97 Å². The van der Waals surface area contributed by atoms with Crippen LogP contribution < -0.4 is 15.8 Å². The number of hydrogen-bond acceptors (Lipinski definition) is 3. The summed E-state index contributed by atoms with van der Waals surface area (Å²) < 4.78 is 5.41. The second-order valence-electron chi connectivity index (χ2n) is 7.48. The van der Waals surface area contributed by atoms with Gasteiger partial charge in [-0.3, -0.25) is 0 Å². The van der Waals surface area contributed by atoms with E-state index >= 15 is 0 Å². The van der Waals surface area contributed by atoms with Gasteiger partial charge in [-0.2, -0.15) is 0 Å². The van der Waals surface area contributed by atoms with E-state index in [4.69, 9.17) is 4.74 Å². The van der Waals surface area contributed by atoms with Crippen molar-refractivity contribution in [3.05, 3.63) is 104 Å². The average molecular weight is 386 g/mol. The smallest absolute Gasteiger partial charge is 0.338 e. The third-order valence-corrected chi connectivity index (χ3v) is 4.77. The molecule has 3 aromatic carbocycles. The lowest BCUT2D eigenvalue weighted by molar-refractivity contribution is 0.0472. The third-order valence-electron chi connectivity index (χ3n) is 4.77. The van der Waals surface area contributed by atoms with Crippen LogP contribution in [0.15, 0.2) is 60.7 Å². The van der Waals surface area contributed by atoms with E-state index in [-0.39, 0.29) is 12.6 Å². The highest BCUT2D eigenvalue weighted by molar-refractivity contribution is 5.89. The molecule has 1 N–H and O–H groups in total. The molecule has 0 aliphatic carbocycles. The molecule has 29 heavy (non-hydrogen) atoms. The summed E-state index contributed by atoms with van der Waals surface area (Å²) in [6, 6.07) is 19.9. The molecule has 0 fully saturated rings. The largest absolute Gasteiger partial charge is 0.457 e. The van der Waals surface area contributed by atoms with Crippen molar-refractivity contribution in [1.29, 1.82) is 0 Å². The van der Waals surface area contributed by atoms with Crippen LogP contribution in [0, 0.1) is 13.8 Å². The van der Waals surface area contributed by atoms with Crippen molar-refractivity contribution in [2.75, 3.05) is 0 Å². The summed E-state index contributed by atoms with van der Waals surface area (Å²) in [7, 11) is 0. The van der Waals surface area contributed by atoms with Crippen LogP contribution in [0.1, 0.15) is 38.2 Å². The highest BCUT2D eigenvalue weighted by Crippen LogP contribution is 2.10. The summed E-state index contributed by atoms with van der Waals surface area (Å²) in [4.78, 5) is 12.2. The average Bonchev–Trinajstić information content (AvgIpc) is 2.68. The topological polar surface area (TPSA) is 38.3 Å². The van der Waals surface area contributed by atoms with Crippen molar-refractivity contribution >= 4 is 19.1 Å². The number of rotatable bonds is 7. The highest BCUT2D eigenvalue weighted by atomic mass is 16.5. The number of nitrogens with one attached hydrogen (secondary N) is 1. The zero-order valence-corrected chi connectivity index (χ0v) is 17.1. The predicted molar refractivity (Wildman–Crippen MR) is 119 cm³/mol. The Morgan fingerprint density at radius 3 is 2.07 bits per heavy atom. The van der Waals surface area contributed by atoms with Crippen molar-refractivity contribution < 1.29 is 9.53 Å². The number of benzene rings is 3. The number of carbonyl (C=O) groups excluding carboxylic acids is 1. The molecule has 3 nitrogen and oxygen atoms in total. The normalized spacial score (nSPS) is 10.7. The molecule has 0 bridgehead atoms. The van der Waals surface area contributed by atoms with Gasteiger partial charge in [0.05, 0.1) is 5.56 Å². The van der Waals surface area contributed by atoms with Gasteiger partial charge in [0.1, 0.15) is 6.61 Å². The molecule has 0 saturated carbocycles. The predicted octanol–water partition coefficient (Wildman–Crippen LogP) is 3.77. The molecule has 0 spiro atoms. The van der Waals surface area contributed by atoms with Gasteiger partial charge in [-0.05, 0) is 53.1 Å². The van der Waals surface area contributed by atoms with E-state index in [0.717, 1.165) is 29.1 Å². The molecular formula is C26H27NO2. The standard InChI is InChI=1S/C26H27NO2/c1-18-11-19(2)13-24(12-18)16-27-15-22-6-8-23(9-7-22)17-29-26(28)25-10-5-20(3)21(4)14-25/h5-14,27H,3-4,15-17H2,1-2H3. The molecule has 0 radical (unpaired) electrons. The van der Waals surface area contributed by atoms with Crippen LogP contribution in [0.3, 0.4) is 0 Å². The van der Waals surface area contributed by atoms with Gasteiger partial charge in [-0.1, -0.05) is 72.8 Å². The molecular weight excluding hydrogens is 358 g/mol. The van der Waals surface area contributed by atoms with Gasteiger partial charge in [-0.15, -0.1) is 0 Å². The van der Waals surface area contributed by atoms with Crippen LogP contribution in [0.25, 0.3) is 13.2 Å². The maximum atomic E-state index is 12.2. The summed E-state index contributed by atoms with van der Waals surface area (Å²) in [5.41, 5.74) is 6.51. The zero-order valence-electron chi connectivity index (χ0n) is 17.1. The maximum Gasteiger partial charge on any atom is 0.338 e. The first-order valence-electron chi connectivity index (χ1n) is 9.71. The summed E-state index contributed by atoms with van der Waals surface area (Å²) in [6.45, 7) is 13.8. The van der Waals surface area contributed by atoms with Crippen molar-refractivity contribution in [2.24, 2.45) is 0 Å². The van der Waals surface area contributed by atoms with E-state index in [9.17, 15) is 4.79 Å². The van der Waals surface area contributed by atoms with E-state index in [1.54, 1.807) is 18.2 Å². The van der Waals surface area contributed by atoms with Crippen LogP contribution in [0.4, 0.5) is 0 Å². The van der Waals surface area contributed by atoms with Crippen LogP contribution >= 0.6 is 0 Å². The molecule has 0 amide bonds. The molecule has 0 aliphatic heterocycles. The number of aryl methyl sites for hydroxylation is 2. The number of ether oxygens (including phenoxy) is 1. The monoisotopic (exact) mass is 385 g/mol. The Kier molecular flexibility index (Phi) is 6.63. The Morgan fingerprint density at radius 2 is 1.41 bits per heavy atom. The lowest BCUT2D eigenvalue weighted by Gasteiger charge is -2.09. The fourth-order valence-corrected chi connectivity index (χ4v) is 3.26. The van der Waals surface area contributed by atoms with Crippen LogP contribution in [-0.2, 0) is 24.4 Å². The molecule has 0 aromatic heterocycles. The van der Waals surface area contributed by atoms with Gasteiger partial charge in [-0.25, -0.2) is 4.79 Å². The number of carbonyl (C=O) groups is 1. The Balaban J connectivity index is 1.49. The summed E-state index contributed by atoms with van der Waals surface area (Å²) >= 11 is 0. The van der Waals surface area contributed by atoms with Gasteiger partial charge in [0.2, 0.25) is 0 Å². The quantitative estimate of drug-likeness (QED) is 0.629. The highest BCUT2D eigenvalue weighted by Gasteiger charge is 2.07. The van der Waals surface area contributed by atoms with Crippen molar-refractivity contribution in [1.82, 2.24) is 5.32 Å². The van der Waals surface area contributed by atoms with Gasteiger partial charge in [0.15, 0.2) is 0 Å². The summed E-state index contributed by atoms with van der Waals surface area (Å²) in [6.07, 6.45) is 0. The first-order chi connectivity index (χ1) is 13.9. The lowest BCUT2D eigenvalue weighted by atomic mass is 10.1. The number of hydrogen-bond donors (Lipinski definition) is 1. The van der Waals surface area contributed by atoms with E-state index in [0.29, 0.717) is 5.56 Å². The lowest BCUT2D eigenvalue weighted by Crippen LogP contribution is -2.22. The first-order valence-corrected chi connectivity index (χ1v) is 9.71. The molecule has 3 rings (SSSR count). The Bertz CT molecular complexity index is 1080. The van der Waals surface area contributed by atoms with Gasteiger partial charge in [0.25, 0.3) is 0 Å².